The summed E-state index contributed by atoms with van der Waals surface area (Å²) in [5.41, 5.74) is 5.73. The number of rotatable bonds is 4. The van der Waals surface area contributed by atoms with Crippen molar-refractivity contribution < 1.29 is 13.2 Å². The fourth-order valence-corrected chi connectivity index (χ4v) is 3.92. The highest BCUT2D eigenvalue weighted by atomic mass is 32.2. The molecule has 1 unspecified atom stereocenters. The summed E-state index contributed by atoms with van der Waals surface area (Å²) in [6.07, 6.45) is 0.613. The fourth-order valence-electron chi connectivity index (χ4n) is 2.15. The Balaban J connectivity index is 2.21. The number of hydrogen-bond acceptors (Lipinski definition) is 7. The molecule has 1 aliphatic heterocycles. The molecule has 0 aromatic carbocycles. The summed E-state index contributed by atoms with van der Waals surface area (Å²) in [5, 5.41) is 0. The van der Waals surface area contributed by atoms with Crippen LogP contribution in [0.1, 0.15) is 12.2 Å². The van der Waals surface area contributed by atoms with Crippen molar-refractivity contribution in [2.75, 3.05) is 36.3 Å². The number of nitrogens with two attached hydrogens (primary N) is 1. The lowest BCUT2D eigenvalue weighted by atomic mass is 10.2. The molecule has 1 saturated heterocycles. The molecule has 8 heteroatoms. The predicted octanol–water partition coefficient (Wildman–Crippen LogP) is -0.171. The molecule has 1 aromatic rings. The van der Waals surface area contributed by atoms with Crippen LogP contribution in [0.5, 0.6) is 0 Å². The molecule has 0 aliphatic carbocycles. The third-order valence-corrected chi connectivity index (χ3v) is 4.92. The van der Waals surface area contributed by atoms with Crippen molar-refractivity contribution in [3.8, 4) is 0 Å². The van der Waals surface area contributed by atoms with Crippen LogP contribution >= 0.6 is 0 Å². The number of methoxy groups -OCH3 is 1. The maximum Gasteiger partial charge on any atom is 0.158 e. The van der Waals surface area contributed by atoms with Crippen LogP contribution in [0.25, 0.3) is 0 Å². The van der Waals surface area contributed by atoms with Gasteiger partial charge in [-0.1, -0.05) is 0 Å². The lowest BCUT2D eigenvalue weighted by Crippen LogP contribution is -2.33. The standard InChI is InChI=1S/C11H18N4O3S/c1-15(8-3-4-19(16,17)7-8)11-5-9(12)13-10(14-11)6-18-2/h5,8H,3-4,6-7H2,1-2H3,(H2,12,13,14). The smallest absolute Gasteiger partial charge is 0.158 e. The van der Waals surface area contributed by atoms with E-state index in [2.05, 4.69) is 9.97 Å². The van der Waals surface area contributed by atoms with Gasteiger partial charge in [0, 0.05) is 26.3 Å². The van der Waals surface area contributed by atoms with Gasteiger partial charge in [-0.15, -0.1) is 0 Å². The number of ether oxygens (including phenoxy) is 1. The zero-order chi connectivity index (χ0) is 14.0. The molecule has 2 rings (SSSR count). The lowest BCUT2D eigenvalue weighted by molar-refractivity contribution is 0.178. The maximum absolute atomic E-state index is 11.5. The van der Waals surface area contributed by atoms with Gasteiger partial charge in [-0.2, -0.15) is 0 Å². The van der Waals surface area contributed by atoms with E-state index < -0.39 is 9.84 Å². The van der Waals surface area contributed by atoms with Crippen LogP contribution in [0.15, 0.2) is 6.07 Å². The zero-order valence-electron chi connectivity index (χ0n) is 11.0. The van der Waals surface area contributed by atoms with E-state index in [0.29, 0.717) is 23.9 Å². The second-order valence-corrected chi connectivity index (χ2v) is 6.90. The summed E-state index contributed by atoms with van der Waals surface area (Å²) in [6, 6.07) is 1.58. The first-order valence-electron chi connectivity index (χ1n) is 5.97. The molecule has 1 aliphatic rings. The Kier molecular flexibility index (Phi) is 3.91. The van der Waals surface area contributed by atoms with Crippen LogP contribution < -0.4 is 10.6 Å². The summed E-state index contributed by atoms with van der Waals surface area (Å²) < 4.78 is 28.0. The molecule has 1 aromatic heterocycles. The van der Waals surface area contributed by atoms with Gasteiger partial charge in [0.1, 0.15) is 18.2 Å². The van der Waals surface area contributed by atoms with Gasteiger partial charge in [-0.25, -0.2) is 18.4 Å². The van der Waals surface area contributed by atoms with Crippen molar-refractivity contribution in [3.63, 3.8) is 0 Å². The Morgan fingerprint density at radius 3 is 2.84 bits per heavy atom. The van der Waals surface area contributed by atoms with Crippen LogP contribution in [0.4, 0.5) is 11.6 Å². The molecule has 2 heterocycles. The average molecular weight is 286 g/mol. The number of hydrogen-bond donors (Lipinski definition) is 1. The SMILES string of the molecule is COCc1nc(N)cc(N(C)C2CCS(=O)(=O)C2)n1. The minimum absolute atomic E-state index is 0.0605. The Labute approximate surface area is 112 Å². The molecule has 2 N–H and O–H groups in total. The van der Waals surface area contributed by atoms with Gasteiger partial charge in [-0.3, -0.25) is 0 Å². The predicted molar refractivity (Wildman–Crippen MR) is 72.6 cm³/mol. The molecule has 0 radical (unpaired) electrons. The van der Waals surface area contributed by atoms with Crippen molar-refractivity contribution in [2.45, 2.75) is 19.1 Å². The van der Waals surface area contributed by atoms with Gasteiger partial charge in [0.2, 0.25) is 0 Å². The first-order chi connectivity index (χ1) is 8.91. The number of aromatic nitrogens is 2. The minimum atomic E-state index is -2.92. The third kappa shape index (κ3) is 3.32. The Morgan fingerprint density at radius 1 is 1.53 bits per heavy atom. The molecule has 0 spiro atoms. The zero-order valence-corrected chi connectivity index (χ0v) is 11.9. The molecule has 0 amide bonds. The molecule has 0 bridgehead atoms. The summed E-state index contributed by atoms with van der Waals surface area (Å²) >= 11 is 0. The molecular formula is C11H18N4O3S. The van der Waals surface area contributed by atoms with Gasteiger partial charge in [-0.05, 0) is 6.42 Å². The normalized spacial score (nSPS) is 21.5. The fraction of sp³-hybridized carbons (Fsp3) is 0.636. The average Bonchev–Trinajstić information content (AvgIpc) is 2.68. The Bertz CT molecular complexity index is 561. The van der Waals surface area contributed by atoms with Crippen LogP contribution in [0.3, 0.4) is 0 Å². The molecule has 1 fully saturated rings. The van der Waals surface area contributed by atoms with Crippen LogP contribution in [-0.4, -0.2) is 50.1 Å². The molecule has 106 valence electrons. The van der Waals surface area contributed by atoms with E-state index in [4.69, 9.17) is 10.5 Å². The van der Waals surface area contributed by atoms with E-state index in [1.807, 2.05) is 11.9 Å². The second-order valence-electron chi connectivity index (χ2n) is 4.67. The number of nitrogens with zero attached hydrogens (tertiary/aromatic N) is 3. The summed E-state index contributed by atoms with van der Waals surface area (Å²) in [5.74, 6) is 1.86. The van der Waals surface area contributed by atoms with Gasteiger partial charge in [0.25, 0.3) is 0 Å². The van der Waals surface area contributed by atoms with Crippen molar-refractivity contribution in [3.05, 3.63) is 11.9 Å². The molecule has 7 nitrogen and oxygen atoms in total. The maximum atomic E-state index is 11.5. The highest BCUT2D eigenvalue weighted by molar-refractivity contribution is 7.91. The largest absolute Gasteiger partial charge is 0.384 e. The highest BCUT2D eigenvalue weighted by Gasteiger charge is 2.31. The van der Waals surface area contributed by atoms with Crippen LogP contribution in [0.2, 0.25) is 0 Å². The van der Waals surface area contributed by atoms with Crippen LogP contribution in [0, 0.1) is 0 Å². The first kappa shape index (κ1) is 14.0. The number of sulfone groups is 1. The van der Waals surface area contributed by atoms with E-state index in [9.17, 15) is 8.42 Å². The summed E-state index contributed by atoms with van der Waals surface area (Å²) in [6.45, 7) is 0.273. The van der Waals surface area contributed by atoms with Gasteiger partial charge in [0.05, 0.1) is 11.5 Å². The number of anilines is 2. The van der Waals surface area contributed by atoms with Gasteiger partial charge < -0.3 is 15.4 Å². The second kappa shape index (κ2) is 5.30. The monoisotopic (exact) mass is 286 g/mol. The van der Waals surface area contributed by atoms with Crippen molar-refractivity contribution in [2.24, 2.45) is 0 Å². The minimum Gasteiger partial charge on any atom is -0.384 e. The van der Waals surface area contributed by atoms with Crippen LogP contribution in [-0.2, 0) is 21.2 Å². The lowest BCUT2D eigenvalue weighted by Gasteiger charge is -2.24. The quantitative estimate of drug-likeness (QED) is 0.820. The van der Waals surface area contributed by atoms with E-state index in [0.717, 1.165) is 0 Å². The Hall–Kier alpha value is -1.41. The first-order valence-corrected chi connectivity index (χ1v) is 7.79. The molecule has 0 saturated carbocycles. The molecule has 19 heavy (non-hydrogen) atoms. The van der Waals surface area contributed by atoms with E-state index in [-0.39, 0.29) is 24.2 Å². The molecular weight excluding hydrogens is 268 g/mol. The summed E-state index contributed by atoms with van der Waals surface area (Å²) in [4.78, 5) is 10.2. The third-order valence-electron chi connectivity index (χ3n) is 3.17. The van der Waals surface area contributed by atoms with Crippen molar-refractivity contribution >= 4 is 21.5 Å². The topological polar surface area (TPSA) is 98.4 Å². The van der Waals surface area contributed by atoms with E-state index >= 15 is 0 Å². The highest BCUT2D eigenvalue weighted by Crippen LogP contribution is 2.22. The summed E-state index contributed by atoms with van der Waals surface area (Å²) in [7, 11) is 0.458. The van der Waals surface area contributed by atoms with E-state index in [1.54, 1.807) is 13.2 Å². The van der Waals surface area contributed by atoms with E-state index in [1.165, 1.54) is 0 Å². The molecule has 1 atom stereocenters. The van der Waals surface area contributed by atoms with Gasteiger partial charge >= 0.3 is 0 Å². The van der Waals surface area contributed by atoms with Crippen molar-refractivity contribution in [1.29, 1.82) is 0 Å². The number of nitrogen functional groups attached to an aromatic ring is 1. The van der Waals surface area contributed by atoms with Gasteiger partial charge in [0.15, 0.2) is 15.7 Å². The van der Waals surface area contributed by atoms with Crippen molar-refractivity contribution in [1.82, 2.24) is 9.97 Å². The Morgan fingerprint density at radius 2 is 2.26 bits per heavy atom.